The Morgan fingerprint density at radius 3 is 2.75 bits per heavy atom. The SMILES string of the molecule is O=S(=O)(CCl)Nc1cccc2cccnc12. The van der Waals surface area contributed by atoms with Crippen molar-refractivity contribution in [3.63, 3.8) is 0 Å². The number of nitrogens with zero attached hydrogens (tertiary/aromatic N) is 1. The zero-order valence-corrected chi connectivity index (χ0v) is 9.79. The normalized spacial score (nSPS) is 11.6. The maximum atomic E-state index is 11.3. The van der Waals surface area contributed by atoms with Crippen molar-refractivity contribution in [2.45, 2.75) is 0 Å². The third-order valence-corrected chi connectivity index (χ3v) is 3.72. The molecule has 0 spiro atoms. The highest BCUT2D eigenvalue weighted by molar-refractivity contribution is 7.93. The second-order valence-corrected chi connectivity index (χ2v) is 5.51. The van der Waals surface area contributed by atoms with Gasteiger partial charge in [0.1, 0.15) is 5.21 Å². The van der Waals surface area contributed by atoms with Crippen molar-refractivity contribution in [2.75, 3.05) is 9.93 Å². The molecule has 1 N–H and O–H groups in total. The smallest absolute Gasteiger partial charge is 0.246 e. The number of halogens is 1. The first-order valence-corrected chi connectivity index (χ1v) is 6.71. The lowest BCUT2D eigenvalue weighted by Crippen LogP contribution is -2.13. The van der Waals surface area contributed by atoms with Gasteiger partial charge in [-0.3, -0.25) is 9.71 Å². The molecule has 0 atom stereocenters. The van der Waals surface area contributed by atoms with Gasteiger partial charge in [-0.15, -0.1) is 11.6 Å². The summed E-state index contributed by atoms with van der Waals surface area (Å²) in [6.45, 7) is 0. The zero-order chi connectivity index (χ0) is 11.6. The molecule has 0 unspecified atom stereocenters. The highest BCUT2D eigenvalue weighted by atomic mass is 35.5. The van der Waals surface area contributed by atoms with Gasteiger partial charge in [0.25, 0.3) is 0 Å². The number of hydrogen-bond acceptors (Lipinski definition) is 3. The Balaban J connectivity index is 2.53. The van der Waals surface area contributed by atoms with Crippen LogP contribution in [0.4, 0.5) is 5.69 Å². The van der Waals surface area contributed by atoms with Gasteiger partial charge in [-0.1, -0.05) is 18.2 Å². The van der Waals surface area contributed by atoms with Gasteiger partial charge in [0, 0.05) is 11.6 Å². The largest absolute Gasteiger partial charge is 0.280 e. The first-order chi connectivity index (χ1) is 7.62. The summed E-state index contributed by atoms with van der Waals surface area (Å²) in [7, 11) is -3.49. The molecule has 1 heterocycles. The van der Waals surface area contributed by atoms with Crippen molar-refractivity contribution < 1.29 is 8.42 Å². The van der Waals surface area contributed by atoms with Crippen LogP contribution in [0.2, 0.25) is 0 Å². The minimum atomic E-state index is -3.49. The molecule has 0 bridgehead atoms. The number of fused-ring (bicyclic) bond motifs is 1. The Kier molecular flexibility index (Phi) is 2.98. The Labute approximate surface area is 98.3 Å². The summed E-state index contributed by atoms with van der Waals surface area (Å²) < 4.78 is 25.1. The van der Waals surface area contributed by atoms with E-state index in [0.29, 0.717) is 11.2 Å². The van der Waals surface area contributed by atoms with Gasteiger partial charge in [0.15, 0.2) is 0 Å². The van der Waals surface area contributed by atoms with Crippen LogP contribution in [0.1, 0.15) is 0 Å². The Morgan fingerprint density at radius 2 is 2.00 bits per heavy atom. The van der Waals surface area contributed by atoms with E-state index in [9.17, 15) is 8.42 Å². The van der Waals surface area contributed by atoms with E-state index < -0.39 is 15.2 Å². The van der Waals surface area contributed by atoms with Gasteiger partial charge in [0.2, 0.25) is 10.0 Å². The lowest BCUT2D eigenvalue weighted by Gasteiger charge is -2.07. The molecule has 2 rings (SSSR count). The number of aromatic nitrogens is 1. The van der Waals surface area contributed by atoms with Crippen LogP contribution in [-0.2, 0) is 10.0 Å². The third kappa shape index (κ3) is 2.25. The van der Waals surface area contributed by atoms with Crippen LogP contribution in [0.5, 0.6) is 0 Å². The summed E-state index contributed by atoms with van der Waals surface area (Å²) in [5.41, 5.74) is 1.05. The van der Waals surface area contributed by atoms with Crippen LogP contribution < -0.4 is 4.72 Å². The molecule has 16 heavy (non-hydrogen) atoms. The van der Waals surface area contributed by atoms with Crippen LogP contribution in [0.3, 0.4) is 0 Å². The van der Waals surface area contributed by atoms with Crippen molar-refractivity contribution in [1.82, 2.24) is 4.98 Å². The van der Waals surface area contributed by atoms with Crippen LogP contribution >= 0.6 is 11.6 Å². The maximum Gasteiger partial charge on any atom is 0.246 e. The molecule has 84 valence electrons. The predicted molar refractivity (Wildman–Crippen MR) is 65.0 cm³/mol. The molecule has 0 aliphatic heterocycles. The van der Waals surface area contributed by atoms with Crippen LogP contribution in [0.25, 0.3) is 10.9 Å². The first kappa shape index (κ1) is 11.2. The molecular formula is C10H9ClN2O2S. The summed E-state index contributed by atoms with van der Waals surface area (Å²) in [4.78, 5) is 4.13. The number of pyridine rings is 1. The average Bonchev–Trinajstić information content (AvgIpc) is 2.29. The monoisotopic (exact) mass is 256 g/mol. The molecule has 0 fully saturated rings. The van der Waals surface area contributed by atoms with E-state index in [-0.39, 0.29) is 0 Å². The first-order valence-electron chi connectivity index (χ1n) is 4.52. The van der Waals surface area contributed by atoms with Crippen molar-refractivity contribution in [3.8, 4) is 0 Å². The third-order valence-electron chi connectivity index (χ3n) is 2.04. The number of sulfonamides is 1. The van der Waals surface area contributed by atoms with Gasteiger partial charge in [-0.05, 0) is 12.1 Å². The average molecular weight is 257 g/mol. The zero-order valence-electron chi connectivity index (χ0n) is 8.22. The van der Waals surface area contributed by atoms with Crippen molar-refractivity contribution >= 4 is 38.2 Å². The minimum absolute atomic E-state index is 0.443. The second kappa shape index (κ2) is 4.27. The van der Waals surface area contributed by atoms with Gasteiger partial charge >= 0.3 is 0 Å². The molecular weight excluding hydrogens is 248 g/mol. The molecule has 0 aliphatic rings. The van der Waals surface area contributed by atoms with Gasteiger partial charge < -0.3 is 0 Å². The predicted octanol–water partition coefficient (Wildman–Crippen LogP) is 2.17. The van der Waals surface area contributed by atoms with Crippen LogP contribution in [0, 0.1) is 0 Å². The molecule has 0 saturated carbocycles. The number of hydrogen-bond donors (Lipinski definition) is 1. The summed E-state index contributed by atoms with van der Waals surface area (Å²) in [5.74, 6) is 0. The fourth-order valence-electron chi connectivity index (χ4n) is 1.38. The Bertz CT molecular complexity index is 608. The van der Waals surface area contributed by atoms with E-state index in [4.69, 9.17) is 11.6 Å². The van der Waals surface area contributed by atoms with Crippen molar-refractivity contribution in [2.24, 2.45) is 0 Å². The maximum absolute atomic E-state index is 11.3. The fourth-order valence-corrected chi connectivity index (χ4v) is 2.10. The molecule has 4 nitrogen and oxygen atoms in total. The van der Waals surface area contributed by atoms with Crippen molar-refractivity contribution in [3.05, 3.63) is 36.5 Å². The van der Waals surface area contributed by atoms with E-state index in [1.807, 2.05) is 12.1 Å². The Hall–Kier alpha value is -1.33. The number of alkyl halides is 1. The lowest BCUT2D eigenvalue weighted by molar-refractivity contribution is 0.605. The second-order valence-electron chi connectivity index (χ2n) is 3.21. The summed E-state index contributed by atoms with van der Waals surface area (Å²) >= 11 is 5.32. The van der Waals surface area contributed by atoms with E-state index >= 15 is 0 Å². The van der Waals surface area contributed by atoms with E-state index in [2.05, 4.69) is 9.71 Å². The molecule has 6 heteroatoms. The number of benzene rings is 1. The van der Waals surface area contributed by atoms with Crippen LogP contribution in [0.15, 0.2) is 36.5 Å². The molecule has 1 aromatic heterocycles. The topological polar surface area (TPSA) is 59.1 Å². The number of anilines is 1. The number of nitrogens with one attached hydrogen (secondary N) is 1. The van der Waals surface area contributed by atoms with E-state index in [0.717, 1.165) is 5.39 Å². The molecule has 0 amide bonds. The van der Waals surface area contributed by atoms with E-state index in [1.165, 1.54) is 0 Å². The summed E-state index contributed by atoms with van der Waals surface area (Å²) in [6, 6.07) is 8.93. The van der Waals surface area contributed by atoms with E-state index in [1.54, 1.807) is 24.4 Å². The molecule has 1 aromatic carbocycles. The summed E-state index contributed by atoms with van der Waals surface area (Å²) in [5, 5.41) is 0.397. The molecule has 2 aromatic rings. The Morgan fingerprint density at radius 1 is 1.25 bits per heavy atom. The molecule has 0 saturated heterocycles. The number of para-hydroxylation sites is 1. The highest BCUT2D eigenvalue weighted by Crippen LogP contribution is 2.21. The molecule has 0 radical (unpaired) electrons. The van der Waals surface area contributed by atoms with Gasteiger partial charge in [0.05, 0.1) is 11.2 Å². The minimum Gasteiger partial charge on any atom is -0.280 e. The quantitative estimate of drug-likeness (QED) is 0.857. The fraction of sp³-hybridized carbons (Fsp3) is 0.100. The molecule has 0 aliphatic carbocycles. The summed E-state index contributed by atoms with van der Waals surface area (Å²) in [6.07, 6.45) is 1.61. The lowest BCUT2D eigenvalue weighted by atomic mass is 10.2. The standard InChI is InChI=1S/C10H9ClN2O2S/c11-7-16(14,15)13-9-5-1-3-8-4-2-6-12-10(8)9/h1-6,13H,7H2. The van der Waals surface area contributed by atoms with Crippen LogP contribution in [-0.4, -0.2) is 18.6 Å². The highest BCUT2D eigenvalue weighted by Gasteiger charge is 2.10. The van der Waals surface area contributed by atoms with Gasteiger partial charge in [-0.25, -0.2) is 8.42 Å². The van der Waals surface area contributed by atoms with Crippen molar-refractivity contribution in [1.29, 1.82) is 0 Å². The van der Waals surface area contributed by atoms with Gasteiger partial charge in [-0.2, -0.15) is 0 Å². The number of rotatable bonds is 3.